The van der Waals surface area contributed by atoms with E-state index < -0.39 is 54.4 Å². The zero-order valence-corrected chi connectivity index (χ0v) is 28.9. The molecule has 0 radical (unpaired) electrons. The number of amides is 3. The molecule has 2 aromatic rings. The van der Waals surface area contributed by atoms with Gasteiger partial charge < -0.3 is 60.1 Å². The van der Waals surface area contributed by atoms with Crippen LogP contribution in [-0.2, 0) is 64.4 Å². The number of carboxylic acids is 5. The Morgan fingerprint density at radius 2 is 1.21 bits per heavy atom. The number of carbonyl (C=O) groups excluding carboxylic acids is 2. The van der Waals surface area contributed by atoms with Crippen LogP contribution in [0.25, 0.3) is 0 Å². The average Bonchev–Trinajstić information content (AvgIpc) is 3.70. The normalized spacial score (nSPS) is 12.2. The fourth-order valence-corrected chi connectivity index (χ4v) is 4.79. The van der Waals surface area contributed by atoms with Crippen LogP contribution in [0, 0.1) is 0 Å². The lowest BCUT2D eigenvalue weighted by Gasteiger charge is -2.22. The van der Waals surface area contributed by atoms with E-state index in [4.69, 9.17) is 19.7 Å². The lowest BCUT2D eigenvalue weighted by molar-refractivity contribution is -0.141. The lowest BCUT2D eigenvalue weighted by atomic mass is 10.1. The Kier molecular flexibility index (Phi) is 19.5. The summed E-state index contributed by atoms with van der Waals surface area (Å²) in [7, 11) is 0. The van der Waals surface area contributed by atoms with Crippen molar-refractivity contribution in [1.29, 1.82) is 0 Å². The van der Waals surface area contributed by atoms with Crippen LogP contribution in [0.4, 0.5) is 4.79 Å². The highest BCUT2D eigenvalue weighted by atomic mass is 16.5. The van der Waals surface area contributed by atoms with Crippen molar-refractivity contribution in [3.05, 3.63) is 36.4 Å². The van der Waals surface area contributed by atoms with Gasteiger partial charge >= 0.3 is 35.9 Å². The van der Waals surface area contributed by atoms with E-state index in [-0.39, 0.29) is 84.3 Å². The third kappa shape index (κ3) is 18.4. The topological polar surface area (TPSA) is 314 Å². The number of aromatic nitrogens is 4. The number of carbonyl (C=O) groups is 7. The molecule has 0 spiro atoms. The SMILES string of the molecule is O=C(O)CC[C@H](NC(=O)N[C@H](CCCCNC(=O)CCOCCOCCN(Cc1nccn1CC(=O)O)Cc1nccn1CC(=O)O)C(=O)O)C(=O)O. The number of nitrogens with one attached hydrogen (secondary N) is 3. The van der Waals surface area contributed by atoms with E-state index in [0.29, 0.717) is 31.0 Å². The van der Waals surface area contributed by atoms with Crippen molar-refractivity contribution in [2.45, 2.75) is 76.8 Å². The lowest BCUT2D eigenvalue weighted by Crippen LogP contribution is -2.51. The van der Waals surface area contributed by atoms with Crippen LogP contribution >= 0.6 is 0 Å². The Hall–Kier alpha value is -5.61. The molecule has 22 heteroatoms. The van der Waals surface area contributed by atoms with E-state index >= 15 is 0 Å². The molecule has 8 N–H and O–H groups in total. The summed E-state index contributed by atoms with van der Waals surface area (Å²) in [6, 6.07) is -3.90. The predicted molar refractivity (Wildman–Crippen MR) is 178 cm³/mol. The molecule has 53 heavy (non-hydrogen) atoms. The van der Waals surface area contributed by atoms with Crippen molar-refractivity contribution in [1.82, 2.24) is 40.0 Å². The number of aliphatic carboxylic acids is 5. The largest absolute Gasteiger partial charge is 0.481 e. The molecule has 0 aliphatic rings. The Balaban J connectivity index is 1.65. The average molecular weight is 755 g/mol. The standard InChI is InChI=1S/C31H46N8O14/c40-25(34-7-2-1-3-21(29(47)48)35-31(51)36-22(30(49)50)4-5-26(41)42)6-13-52-15-16-53-14-12-37(17-23-32-8-10-38(23)19-27(43)44)18-24-33-9-11-39(24)20-28(45)46/h8-11,21-22H,1-7,12-20H2,(H,34,40)(H,41,42)(H,43,44)(H,45,46)(H,47,48)(H,49,50)(H2,35,36,51)/t21-,22+/m1/s1. The van der Waals surface area contributed by atoms with Gasteiger partial charge in [-0.2, -0.15) is 0 Å². The van der Waals surface area contributed by atoms with Crippen LogP contribution in [-0.4, -0.2) is 143 Å². The van der Waals surface area contributed by atoms with Crippen molar-refractivity contribution in [2.24, 2.45) is 0 Å². The molecule has 2 heterocycles. The van der Waals surface area contributed by atoms with E-state index in [9.17, 15) is 48.9 Å². The number of unbranched alkanes of at least 4 members (excludes halogenated alkanes) is 1. The summed E-state index contributed by atoms with van der Waals surface area (Å²) >= 11 is 0. The Bertz CT molecular complexity index is 1460. The maximum Gasteiger partial charge on any atom is 0.326 e. The smallest absolute Gasteiger partial charge is 0.326 e. The minimum absolute atomic E-state index is 0.00336. The first kappa shape index (κ1) is 43.6. The van der Waals surface area contributed by atoms with Crippen LogP contribution in [0.5, 0.6) is 0 Å². The summed E-state index contributed by atoms with van der Waals surface area (Å²) in [6.45, 7) is 1.34. The number of urea groups is 1. The van der Waals surface area contributed by atoms with Crippen molar-refractivity contribution in [3.8, 4) is 0 Å². The molecule has 0 aliphatic heterocycles. The third-order valence-electron chi connectivity index (χ3n) is 7.44. The van der Waals surface area contributed by atoms with Gasteiger partial charge in [-0.15, -0.1) is 0 Å². The summed E-state index contributed by atoms with van der Waals surface area (Å²) < 4.78 is 14.1. The summed E-state index contributed by atoms with van der Waals surface area (Å²) in [5.74, 6) is -5.40. The van der Waals surface area contributed by atoms with Crippen LogP contribution in [0.1, 0.15) is 50.2 Å². The van der Waals surface area contributed by atoms with Gasteiger partial charge in [0.1, 0.15) is 36.8 Å². The molecule has 2 aromatic heterocycles. The Morgan fingerprint density at radius 1 is 0.679 bits per heavy atom. The van der Waals surface area contributed by atoms with Crippen molar-refractivity contribution >= 4 is 41.8 Å². The van der Waals surface area contributed by atoms with Crippen molar-refractivity contribution in [2.75, 3.05) is 39.5 Å². The predicted octanol–water partition coefficient (Wildman–Crippen LogP) is -0.969. The quantitative estimate of drug-likeness (QED) is 0.0463. The Labute approximate surface area is 303 Å². The first-order valence-corrected chi connectivity index (χ1v) is 16.6. The maximum atomic E-state index is 12.1. The Morgan fingerprint density at radius 3 is 1.72 bits per heavy atom. The second-order valence-corrected chi connectivity index (χ2v) is 11.6. The van der Waals surface area contributed by atoms with Gasteiger partial charge in [-0.05, 0) is 25.7 Å². The van der Waals surface area contributed by atoms with Crippen LogP contribution in [0.2, 0.25) is 0 Å². The second-order valence-electron chi connectivity index (χ2n) is 11.6. The van der Waals surface area contributed by atoms with E-state index in [1.165, 1.54) is 21.5 Å². The summed E-state index contributed by atoms with van der Waals surface area (Å²) in [5.41, 5.74) is 0. The molecular weight excluding hydrogens is 708 g/mol. The summed E-state index contributed by atoms with van der Waals surface area (Å²) in [5, 5.41) is 52.5. The fraction of sp³-hybridized carbons (Fsp3) is 0.581. The van der Waals surface area contributed by atoms with Gasteiger partial charge in [0.15, 0.2) is 0 Å². The number of imidazole rings is 2. The summed E-state index contributed by atoms with van der Waals surface area (Å²) in [6.07, 6.45) is 5.98. The molecule has 0 aromatic carbocycles. The van der Waals surface area contributed by atoms with Gasteiger partial charge in [0.2, 0.25) is 5.91 Å². The van der Waals surface area contributed by atoms with Crippen LogP contribution in [0.3, 0.4) is 0 Å². The van der Waals surface area contributed by atoms with Gasteiger partial charge in [0.05, 0.1) is 39.5 Å². The highest BCUT2D eigenvalue weighted by molar-refractivity contribution is 5.86. The number of rotatable bonds is 29. The molecule has 3 amide bonds. The van der Waals surface area contributed by atoms with E-state index in [0.717, 1.165) is 0 Å². The van der Waals surface area contributed by atoms with Gasteiger partial charge in [0, 0.05) is 50.7 Å². The zero-order valence-electron chi connectivity index (χ0n) is 28.9. The molecule has 0 saturated heterocycles. The number of carboxylic acid groups (broad SMARTS) is 5. The zero-order chi connectivity index (χ0) is 39.2. The van der Waals surface area contributed by atoms with Gasteiger partial charge in [0.25, 0.3) is 0 Å². The molecule has 0 saturated carbocycles. The third-order valence-corrected chi connectivity index (χ3v) is 7.44. The molecular formula is C31H46N8O14. The number of ether oxygens (including phenoxy) is 2. The molecule has 0 aliphatic carbocycles. The first-order valence-electron chi connectivity index (χ1n) is 16.6. The van der Waals surface area contributed by atoms with Gasteiger partial charge in [-0.25, -0.2) is 24.4 Å². The molecule has 2 atom stereocenters. The minimum atomic E-state index is -1.51. The van der Waals surface area contributed by atoms with E-state index in [1.807, 2.05) is 4.90 Å². The van der Waals surface area contributed by atoms with E-state index in [1.54, 1.807) is 12.4 Å². The number of hydrogen-bond donors (Lipinski definition) is 8. The van der Waals surface area contributed by atoms with Gasteiger partial charge in [-0.3, -0.25) is 24.1 Å². The highest BCUT2D eigenvalue weighted by Gasteiger charge is 2.25. The molecule has 294 valence electrons. The fourth-order valence-electron chi connectivity index (χ4n) is 4.79. The monoisotopic (exact) mass is 754 g/mol. The van der Waals surface area contributed by atoms with Crippen LogP contribution < -0.4 is 16.0 Å². The second kappa shape index (κ2) is 23.8. The van der Waals surface area contributed by atoms with Crippen molar-refractivity contribution < 1.29 is 68.6 Å². The molecule has 0 unspecified atom stereocenters. The molecule has 2 rings (SSSR count). The summed E-state index contributed by atoms with van der Waals surface area (Å²) in [4.78, 5) is 90.5. The first-order chi connectivity index (χ1) is 25.2. The highest BCUT2D eigenvalue weighted by Crippen LogP contribution is 2.10. The molecule has 0 bridgehead atoms. The molecule has 0 fully saturated rings. The molecule has 22 nitrogen and oxygen atoms in total. The van der Waals surface area contributed by atoms with Crippen molar-refractivity contribution in [3.63, 3.8) is 0 Å². The number of hydrogen-bond acceptors (Lipinski definition) is 12. The maximum absolute atomic E-state index is 12.1. The minimum Gasteiger partial charge on any atom is -0.481 e. The van der Waals surface area contributed by atoms with Gasteiger partial charge in [-0.1, -0.05) is 0 Å². The van der Waals surface area contributed by atoms with Crippen LogP contribution in [0.15, 0.2) is 24.8 Å². The van der Waals surface area contributed by atoms with E-state index in [2.05, 4.69) is 25.9 Å². The number of nitrogens with zero attached hydrogens (tertiary/aromatic N) is 5.